The van der Waals surface area contributed by atoms with Crippen molar-refractivity contribution in [3.63, 3.8) is 0 Å². The predicted octanol–water partition coefficient (Wildman–Crippen LogP) is 4.74. The Bertz CT molecular complexity index is 965. The van der Waals surface area contributed by atoms with E-state index in [0.717, 1.165) is 17.5 Å². The summed E-state index contributed by atoms with van der Waals surface area (Å²) in [6.07, 6.45) is 1.59. The first-order chi connectivity index (χ1) is 13.9. The molecule has 1 fully saturated rings. The molecule has 5 nitrogen and oxygen atoms in total. The molecular weight excluding hydrogens is 390 g/mol. The molecule has 152 valence electrons. The highest BCUT2D eigenvalue weighted by Crippen LogP contribution is 2.40. The van der Waals surface area contributed by atoms with Crippen LogP contribution in [0.5, 0.6) is 5.75 Å². The molecule has 0 saturated carbocycles. The van der Waals surface area contributed by atoms with Crippen molar-refractivity contribution in [1.29, 1.82) is 0 Å². The van der Waals surface area contributed by atoms with E-state index in [2.05, 4.69) is 6.92 Å². The summed E-state index contributed by atoms with van der Waals surface area (Å²) in [5, 5.41) is 11.3. The fourth-order valence-electron chi connectivity index (χ4n) is 3.60. The number of methoxy groups -OCH3 is 1. The van der Waals surface area contributed by atoms with Crippen LogP contribution in [0.15, 0.2) is 48.0 Å². The third kappa shape index (κ3) is 3.87. The largest absolute Gasteiger partial charge is 0.507 e. The van der Waals surface area contributed by atoms with E-state index in [0.29, 0.717) is 29.3 Å². The van der Waals surface area contributed by atoms with Crippen LogP contribution in [0, 0.1) is 0 Å². The minimum Gasteiger partial charge on any atom is -0.507 e. The zero-order valence-electron chi connectivity index (χ0n) is 16.7. The van der Waals surface area contributed by atoms with E-state index in [1.807, 2.05) is 31.2 Å². The molecule has 0 radical (unpaired) electrons. The summed E-state index contributed by atoms with van der Waals surface area (Å²) in [5.74, 6) is -1.07. The Morgan fingerprint density at radius 2 is 1.83 bits per heavy atom. The van der Waals surface area contributed by atoms with Gasteiger partial charge in [-0.15, -0.1) is 0 Å². The van der Waals surface area contributed by atoms with Crippen LogP contribution in [0.25, 0.3) is 5.76 Å². The van der Waals surface area contributed by atoms with Crippen LogP contribution in [0.1, 0.15) is 43.0 Å². The van der Waals surface area contributed by atoms with Crippen molar-refractivity contribution in [3.05, 3.63) is 69.8 Å². The van der Waals surface area contributed by atoms with E-state index in [-0.39, 0.29) is 11.3 Å². The summed E-state index contributed by atoms with van der Waals surface area (Å²) in [4.78, 5) is 27.1. The molecule has 1 saturated heterocycles. The molecule has 1 unspecified atom stereocenters. The summed E-state index contributed by atoms with van der Waals surface area (Å²) in [6, 6.07) is 11.9. The second kappa shape index (κ2) is 8.70. The highest BCUT2D eigenvalue weighted by atomic mass is 35.5. The first-order valence-electron chi connectivity index (χ1n) is 9.64. The quantitative estimate of drug-likeness (QED) is 0.422. The van der Waals surface area contributed by atoms with Gasteiger partial charge in [-0.1, -0.05) is 49.7 Å². The van der Waals surface area contributed by atoms with Gasteiger partial charge in [0.05, 0.1) is 23.7 Å². The fraction of sp³-hybridized carbons (Fsp3) is 0.304. The molecule has 2 aromatic rings. The van der Waals surface area contributed by atoms with Crippen molar-refractivity contribution >= 4 is 29.1 Å². The van der Waals surface area contributed by atoms with Crippen LogP contribution in [0.3, 0.4) is 0 Å². The van der Waals surface area contributed by atoms with E-state index in [9.17, 15) is 14.7 Å². The van der Waals surface area contributed by atoms with Gasteiger partial charge in [0.15, 0.2) is 0 Å². The average molecular weight is 414 g/mol. The number of aryl methyl sites for hydroxylation is 1. The standard InChI is InChI=1S/C23H24ClNO4/c1-4-12-25-20(15-8-6-14(5-2)7-9-15)19(22(27)23(25)28)21(26)16-10-11-18(29-3)17(24)13-16/h6-11,13,20,26H,4-5,12H2,1-3H3/b21-19-. The number of hydrogen-bond acceptors (Lipinski definition) is 4. The molecular formula is C23H24ClNO4. The number of ether oxygens (including phenoxy) is 1. The Morgan fingerprint density at radius 3 is 2.38 bits per heavy atom. The third-order valence-electron chi connectivity index (χ3n) is 5.13. The second-order valence-corrected chi connectivity index (χ2v) is 7.34. The number of likely N-dealkylation sites (tertiary alicyclic amines) is 1. The van der Waals surface area contributed by atoms with Gasteiger partial charge in [0, 0.05) is 12.1 Å². The van der Waals surface area contributed by atoms with E-state index >= 15 is 0 Å². The maximum absolute atomic E-state index is 12.9. The number of aliphatic hydroxyl groups is 1. The molecule has 6 heteroatoms. The van der Waals surface area contributed by atoms with Gasteiger partial charge >= 0.3 is 0 Å². The lowest BCUT2D eigenvalue weighted by Gasteiger charge is -2.25. The summed E-state index contributed by atoms with van der Waals surface area (Å²) in [7, 11) is 1.50. The van der Waals surface area contributed by atoms with Crippen molar-refractivity contribution in [3.8, 4) is 5.75 Å². The number of amides is 1. The second-order valence-electron chi connectivity index (χ2n) is 6.94. The number of ketones is 1. The first-order valence-corrected chi connectivity index (χ1v) is 10.0. The predicted molar refractivity (Wildman–Crippen MR) is 113 cm³/mol. The third-order valence-corrected chi connectivity index (χ3v) is 5.43. The van der Waals surface area contributed by atoms with Crippen molar-refractivity contribution in [2.45, 2.75) is 32.7 Å². The number of aliphatic hydroxyl groups excluding tert-OH is 1. The molecule has 1 atom stereocenters. The number of Topliss-reactive ketones (excluding diaryl/α,β-unsaturated/α-hetero) is 1. The molecule has 1 aliphatic rings. The van der Waals surface area contributed by atoms with Crippen LogP contribution in [-0.4, -0.2) is 35.4 Å². The Kier molecular flexibility index (Phi) is 6.28. The van der Waals surface area contributed by atoms with Crippen LogP contribution in [0.2, 0.25) is 5.02 Å². The molecule has 0 aliphatic carbocycles. The highest BCUT2D eigenvalue weighted by molar-refractivity contribution is 6.46. The lowest BCUT2D eigenvalue weighted by atomic mass is 9.94. The lowest BCUT2D eigenvalue weighted by Crippen LogP contribution is -2.30. The summed E-state index contributed by atoms with van der Waals surface area (Å²) >= 11 is 6.19. The zero-order valence-corrected chi connectivity index (χ0v) is 17.5. The molecule has 1 amide bonds. The molecule has 0 bridgehead atoms. The number of nitrogens with zero attached hydrogens (tertiary/aromatic N) is 1. The maximum atomic E-state index is 12.9. The van der Waals surface area contributed by atoms with Gasteiger partial charge in [-0.2, -0.15) is 0 Å². The fourth-order valence-corrected chi connectivity index (χ4v) is 3.86. The van der Waals surface area contributed by atoms with Crippen LogP contribution in [-0.2, 0) is 16.0 Å². The Hall–Kier alpha value is -2.79. The normalized spacial score (nSPS) is 18.3. The molecule has 1 N–H and O–H groups in total. The van der Waals surface area contributed by atoms with Gasteiger partial charge in [-0.05, 0) is 42.2 Å². The van der Waals surface area contributed by atoms with Gasteiger partial charge < -0.3 is 14.7 Å². The molecule has 1 aliphatic heterocycles. The Balaban J connectivity index is 2.16. The van der Waals surface area contributed by atoms with Gasteiger partial charge in [-0.3, -0.25) is 9.59 Å². The monoisotopic (exact) mass is 413 g/mol. The molecule has 2 aromatic carbocycles. The minimum atomic E-state index is -0.688. The summed E-state index contributed by atoms with van der Waals surface area (Å²) in [6.45, 7) is 4.43. The smallest absolute Gasteiger partial charge is 0.295 e. The van der Waals surface area contributed by atoms with Gasteiger partial charge in [-0.25, -0.2) is 0 Å². The van der Waals surface area contributed by atoms with Crippen molar-refractivity contribution in [1.82, 2.24) is 4.90 Å². The average Bonchev–Trinajstić information content (AvgIpc) is 2.98. The van der Waals surface area contributed by atoms with Gasteiger partial charge in [0.2, 0.25) is 0 Å². The van der Waals surface area contributed by atoms with Crippen molar-refractivity contribution < 1.29 is 19.4 Å². The number of carbonyl (C=O) groups excluding carboxylic acids is 2. The number of rotatable bonds is 6. The van der Waals surface area contributed by atoms with E-state index in [1.165, 1.54) is 18.1 Å². The van der Waals surface area contributed by atoms with Crippen LogP contribution >= 0.6 is 11.6 Å². The van der Waals surface area contributed by atoms with E-state index in [4.69, 9.17) is 16.3 Å². The zero-order chi connectivity index (χ0) is 21.1. The van der Waals surface area contributed by atoms with E-state index < -0.39 is 17.7 Å². The maximum Gasteiger partial charge on any atom is 0.295 e. The van der Waals surface area contributed by atoms with E-state index in [1.54, 1.807) is 12.1 Å². The van der Waals surface area contributed by atoms with Crippen LogP contribution < -0.4 is 4.74 Å². The SMILES string of the molecule is CCCN1C(=O)C(=O)/C(=C(\O)c2ccc(OC)c(Cl)c2)C1c1ccc(CC)cc1. The molecule has 29 heavy (non-hydrogen) atoms. The Morgan fingerprint density at radius 1 is 1.14 bits per heavy atom. The molecule has 1 heterocycles. The van der Waals surface area contributed by atoms with Crippen LogP contribution in [0.4, 0.5) is 0 Å². The number of hydrogen-bond donors (Lipinski definition) is 1. The van der Waals surface area contributed by atoms with Crippen molar-refractivity contribution in [2.75, 3.05) is 13.7 Å². The number of halogens is 1. The minimum absolute atomic E-state index is 0.0777. The van der Waals surface area contributed by atoms with Crippen molar-refractivity contribution in [2.24, 2.45) is 0 Å². The molecule has 3 rings (SSSR count). The number of carbonyl (C=O) groups is 2. The molecule has 0 aromatic heterocycles. The first kappa shape index (κ1) is 20.9. The Labute approximate surface area is 175 Å². The topological polar surface area (TPSA) is 66.8 Å². The van der Waals surface area contributed by atoms with Gasteiger partial charge in [0.25, 0.3) is 11.7 Å². The lowest BCUT2D eigenvalue weighted by molar-refractivity contribution is -0.139. The van der Waals surface area contributed by atoms with Gasteiger partial charge in [0.1, 0.15) is 11.5 Å². The summed E-state index contributed by atoms with van der Waals surface area (Å²) < 4.78 is 5.15. The number of benzene rings is 2. The molecule has 0 spiro atoms. The summed E-state index contributed by atoms with van der Waals surface area (Å²) in [5.41, 5.74) is 2.38. The highest BCUT2D eigenvalue weighted by Gasteiger charge is 2.45.